The normalized spacial score (nSPS) is 29.0. The lowest BCUT2D eigenvalue weighted by Crippen LogP contribution is -2.37. The lowest BCUT2D eigenvalue weighted by molar-refractivity contribution is -0.142. The summed E-state index contributed by atoms with van der Waals surface area (Å²) in [5.41, 5.74) is 0. The van der Waals surface area contributed by atoms with E-state index in [1.165, 1.54) is 22.5 Å². The molecule has 2 heterocycles. The first-order valence-electron chi connectivity index (χ1n) is 6.53. The van der Waals surface area contributed by atoms with E-state index in [2.05, 4.69) is 0 Å². The van der Waals surface area contributed by atoms with E-state index in [1.807, 2.05) is 0 Å². The Bertz CT molecular complexity index is 686. The van der Waals surface area contributed by atoms with Gasteiger partial charge in [-0.3, -0.25) is 4.79 Å². The molecule has 5 nitrogen and oxygen atoms in total. The Morgan fingerprint density at radius 1 is 1.19 bits per heavy atom. The van der Waals surface area contributed by atoms with Crippen molar-refractivity contribution in [2.24, 2.45) is 5.92 Å². The van der Waals surface area contributed by atoms with Gasteiger partial charge in [0.15, 0.2) is 0 Å². The van der Waals surface area contributed by atoms with E-state index >= 15 is 0 Å². The summed E-state index contributed by atoms with van der Waals surface area (Å²) in [5, 5.41) is 9.69. The van der Waals surface area contributed by atoms with Gasteiger partial charge in [-0.05, 0) is 37.5 Å². The monoisotopic (exact) mass is 349 g/mol. The summed E-state index contributed by atoms with van der Waals surface area (Å²) in [5.74, 6) is -1.57. The van der Waals surface area contributed by atoms with Crippen molar-refractivity contribution < 1.29 is 18.3 Å². The van der Waals surface area contributed by atoms with E-state index in [1.54, 1.807) is 0 Å². The zero-order valence-electron chi connectivity index (χ0n) is 10.9. The zero-order valence-corrected chi connectivity index (χ0v) is 13.2. The highest BCUT2D eigenvalue weighted by molar-refractivity contribution is 7.89. The van der Waals surface area contributed by atoms with Crippen LogP contribution in [0.3, 0.4) is 0 Å². The second-order valence-corrected chi connectivity index (χ2v) is 8.14. The van der Waals surface area contributed by atoms with Gasteiger partial charge in [-0.25, -0.2) is 8.42 Å². The van der Waals surface area contributed by atoms with Crippen molar-refractivity contribution in [1.29, 1.82) is 0 Å². The molecule has 8 heteroatoms. The van der Waals surface area contributed by atoms with Crippen LogP contribution in [-0.4, -0.2) is 35.9 Å². The first-order valence-corrected chi connectivity index (χ1v) is 8.73. The number of nitrogens with zero attached hydrogens (tertiary/aromatic N) is 1. The molecular formula is C13H13Cl2NO4S. The van der Waals surface area contributed by atoms with Crippen LogP contribution in [0.5, 0.6) is 0 Å². The van der Waals surface area contributed by atoms with E-state index in [-0.39, 0.29) is 21.0 Å². The number of carboxylic acids is 1. The Balaban J connectivity index is 2.01. The predicted molar refractivity (Wildman–Crippen MR) is 78.0 cm³/mol. The maximum Gasteiger partial charge on any atom is 0.308 e. The van der Waals surface area contributed by atoms with Crippen LogP contribution >= 0.6 is 23.2 Å². The summed E-state index contributed by atoms with van der Waals surface area (Å²) >= 11 is 11.7. The van der Waals surface area contributed by atoms with Gasteiger partial charge in [0.05, 0.1) is 10.8 Å². The summed E-state index contributed by atoms with van der Waals surface area (Å²) in [7, 11) is -3.78. The topological polar surface area (TPSA) is 74.7 Å². The van der Waals surface area contributed by atoms with Gasteiger partial charge < -0.3 is 5.11 Å². The minimum Gasteiger partial charge on any atom is -0.481 e. The molecule has 1 aromatic rings. The molecule has 2 aliphatic rings. The molecule has 0 radical (unpaired) electrons. The number of carboxylic acid groups (broad SMARTS) is 1. The second-order valence-electron chi connectivity index (χ2n) is 5.42. The number of fused-ring (bicyclic) bond motifs is 2. The molecule has 3 atom stereocenters. The van der Waals surface area contributed by atoms with Crippen molar-refractivity contribution in [3.05, 3.63) is 28.2 Å². The standard InChI is InChI=1S/C13H13Cl2NO4S/c14-7-3-8(15)5-10(4-7)21(19,20)16-9-1-2-12(16)11(6-9)13(17)18/h3-5,9,11-12H,1-2,6H2,(H,17,18). The fourth-order valence-electron chi connectivity index (χ4n) is 3.38. The second kappa shape index (κ2) is 5.12. The van der Waals surface area contributed by atoms with Crippen molar-refractivity contribution in [2.45, 2.75) is 36.2 Å². The fraction of sp³-hybridized carbons (Fsp3) is 0.462. The molecule has 2 aliphatic heterocycles. The van der Waals surface area contributed by atoms with Crippen molar-refractivity contribution in [3.8, 4) is 0 Å². The molecule has 1 aromatic carbocycles. The van der Waals surface area contributed by atoms with Crippen LogP contribution in [0.2, 0.25) is 10.0 Å². The molecule has 0 aliphatic carbocycles. The number of carbonyl (C=O) groups is 1. The van der Waals surface area contributed by atoms with Crippen molar-refractivity contribution in [1.82, 2.24) is 4.31 Å². The average molecular weight is 350 g/mol. The highest BCUT2D eigenvalue weighted by atomic mass is 35.5. The quantitative estimate of drug-likeness (QED) is 0.909. The predicted octanol–water partition coefficient (Wildman–Crippen LogP) is 2.62. The Hall–Kier alpha value is -0.820. The van der Waals surface area contributed by atoms with Crippen molar-refractivity contribution in [3.63, 3.8) is 0 Å². The van der Waals surface area contributed by atoms with E-state index in [0.717, 1.165) is 0 Å². The first kappa shape index (κ1) is 15.1. The van der Waals surface area contributed by atoms with Gasteiger partial charge in [0.25, 0.3) is 0 Å². The van der Waals surface area contributed by atoms with E-state index in [9.17, 15) is 18.3 Å². The van der Waals surface area contributed by atoms with Crippen LogP contribution < -0.4 is 0 Å². The van der Waals surface area contributed by atoms with Gasteiger partial charge in [0, 0.05) is 22.1 Å². The maximum absolute atomic E-state index is 12.8. The smallest absolute Gasteiger partial charge is 0.308 e. The zero-order chi connectivity index (χ0) is 15.4. The molecule has 0 amide bonds. The van der Waals surface area contributed by atoms with Crippen LogP contribution in [0.4, 0.5) is 0 Å². The Morgan fingerprint density at radius 2 is 1.81 bits per heavy atom. The Morgan fingerprint density at radius 3 is 2.33 bits per heavy atom. The van der Waals surface area contributed by atoms with Gasteiger partial charge in [-0.15, -0.1) is 0 Å². The average Bonchev–Trinajstić information content (AvgIpc) is 2.95. The van der Waals surface area contributed by atoms with Crippen molar-refractivity contribution >= 4 is 39.2 Å². The highest BCUT2D eigenvalue weighted by Gasteiger charge is 2.54. The van der Waals surface area contributed by atoms with Crippen LogP contribution in [0.15, 0.2) is 23.1 Å². The summed E-state index contributed by atoms with van der Waals surface area (Å²) in [4.78, 5) is 11.3. The number of aliphatic carboxylic acids is 1. The summed E-state index contributed by atoms with van der Waals surface area (Å²) in [6, 6.07) is 3.42. The molecule has 1 N–H and O–H groups in total. The molecule has 21 heavy (non-hydrogen) atoms. The lowest BCUT2D eigenvalue weighted by Gasteiger charge is -2.22. The molecule has 3 unspecified atom stereocenters. The summed E-state index contributed by atoms with van der Waals surface area (Å²) < 4.78 is 26.9. The molecule has 0 spiro atoms. The van der Waals surface area contributed by atoms with Crippen molar-refractivity contribution in [2.75, 3.05) is 0 Å². The minimum absolute atomic E-state index is 0.0166. The first-order chi connectivity index (χ1) is 9.80. The van der Waals surface area contributed by atoms with Gasteiger partial charge in [0.2, 0.25) is 10.0 Å². The number of benzene rings is 1. The van der Waals surface area contributed by atoms with E-state index in [0.29, 0.717) is 19.3 Å². The van der Waals surface area contributed by atoms with Crippen LogP contribution in [0, 0.1) is 5.92 Å². The molecule has 0 aromatic heterocycles. The fourth-order valence-corrected chi connectivity index (χ4v) is 6.02. The van der Waals surface area contributed by atoms with Gasteiger partial charge in [-0.1, -0.05) is 23.2 Å². The summed E-state index contributed by atoms with van der Waals surface area (Å²) in [6.45, 7) is 0. The van der Waals surface area contributed by atoms with E-state index in [4.69, 9.17) is 23.2 Å². The van der Waals surface area contributed by atoms with Crippen LogP contribution in [-0.2, 0) is 14.8 Å². The number of hydrogen-bond acceptors (Lipinski definition) is 3. The van der Waals surface area contributed by atoms with Gasteiger partial charge in [-0.2, -0.15) is 4.31 Å². The van der Waals surface area contributed by atoms with E-state index < -0.39 is 28.0 Å². The number of sulfonamides is 1. The van der Waals surface area contributed by atoms with Gasteiger partial charge in [0.1, 0.15) is 0 Å². The number of hydrogen-bond donors (Lipinski definition) is 1. The van der Waals surface area contributed by atoms with Crippen LogP contribution in [0.1, 0.15) is 19.3 Å². The molecule has 0 saturated carbocycles. The van der Waals surface area contributed by atoms with Crippen LogP contribution in [0.25, 0.3) is 0 Å². The third-order valence-corrected chi connectivity index (χ3v) is 6.59. The lowest BCUT2D eigenvalue weighted by atomic mass is 9.89. The molecule has 2 saturated heterocycles. The SMILES string of the molecule is O=C(O)C1CC2CCC1N2S(=O)(=O)c1cc(Cl)cc(Cl)c1. The van der Waals surface area contributed by atoms with Gasteiger partial charge >= 0.3 is 5.97 Å². The Kier molecular flexibility index (Phi) is 3.68. The molecular weight excluding hydrogens is 337 g/mol. The number of rotatable bonds is 3. The largest absolute Gasteiger partial charge is 0.481 e. The maximum atomic E-state index is 12.8. The molecule has 114 valence electrons. The summed E-state index contributed by atoms with van der Waals surface area (Å²) in [6.07, 6.45) is 1.64. The third-order valence-electron chi connectivity index (χ3n) is 4.20. The highest BCUT2D eigenvalue weighted by Crippen LogP contribution is 2.45. The minimum atomic E-state index is -3.78. The molecule has 2 bridgehead atoms. The third kappa shape index (κ3) is 2.44. The molecule has 2 fully saturated rings. The number of halogens is 2. The Labute approximate surface area is 132 Å². The molecule has 3 rings (SSSR count).